The lowest BCUT2D eigenvalue weighted by atomic mass is 9.99. The van der Waals surface area contributed by atoms with Gasteiger partial charge in [-0.1, -0.05) is 6.07 Å². The summed E-state index contributed by atoms with van der Waals surface area (Å²) >= 11 is 2.27. The molecule has 0 radical (unpaired) electrons. The molecule has 2 rings (SSSR count). The van der Waals surface area contributed by atoms with Crippen LogP contribution in [0.25, 0.3) is 0 Å². The van der Waals surface area contributed by atoms with Gasteiger partial charge in [-0.2, -0.15) is 0 Å². The second-order valence-corrected chi connectivity index (χ2v) is 6.80. The molecule has 0 bridgehead atoms. The molecule has 5 heteroatoms. The smallest absolute Gasteiger partial charge is 0.408 e. The molecule has 0 aliphatic carbocycles. The fourth-order valence-electron chi connectivity index (χ4n) is 1.97. The van der Waals surface area contributed by atoms with Crippen LogP contribution < -0.4 is 5.32 Å². The number of hydrogen-bond donors (Lipinski definition) is 1. The molecule has 0 spiro atoms. The maximum Gasteiger partial charge on any atom is 0.408 e. The SMILES string of the molecule is CC(C)(C)OC(=O)NC1COCc2ccc(I)cc21. The molecule has 0 fully saturated rings. The number of benzene rings is 1. The van der Waals surface area contributed by atoms with Crippen molar-refractivity contribution >= 4 is 28.7 Å². The summed E-state index contributed by atoms with van der Waals surface area (Å²) in [6, 6.07) is 6.02. The standard InChI is InChI=1S/C14H18INO3/c1-14(2,3)19-13(17)16-12-8-18-7-9-4-5-10(15)6-11(9)12/h4-6,12H,7-8H2,1-3H3,(H,16,17). The molecule has 0 aromatic heterocycles. The predicted molar refractivity (Wildman–Crippen MR) is 80.9 cm³/mol. The topological polar surface area (TPSA) is 47.6 Å². The number of carbonyl (C=O) groups is 1. The fraction of sp³-hybridized carbons (Fsp3) is 0.500. The summed E-state index contributed by atoms with van der Waals surface area (Å²) in [5.74, 6) is 0. The fourth-order valence-corrected chi connectivity index (χ4v) is 2.48. The van der Waals surface area contributed by atoms with Gasteiger partial charge in [-0.05, 0) is 66.6 Å². The summed E-state index contributed by atoms with van der Waals surface area (Å²) in [4.78, 5) is 11.8. The van der Waals surface area contributed by atoms with Crippen LogP contribution >= 0.6 is 22.6 Å². The van der Waals surface area contributed by atoms with Crippen molar-refractivity contribution < 1.29 is 14.3 Å². The first-order chi connectivity index (χ1) is 8.85. The molecule has 104 valence electrons. The average molecular weight is 375 g/mol. The van der Waals surface area contributed by atoms with E-state index in [-0.39, 0.29) is 6.04 Å². The van der Waals surface area contributed by atoms with E-state index >= 15 is 0 Å². The van der Waals surface area contributed by atoms with E-state index in [1.54, 1.807) is 0 Å². The maximum absolute atomic E-state index is 11.8. The van der Waals surface area contributed by atoms with Gasteiger partial charge in [0.05, 0.1) is 19.3 Å². The van der Waals surface area contributed by atoms with Gasteiger partial charge in [0.1, 0.15) is 5.60 Å². The van der Waals surface area contributed by atoms with E-state index in [2.05, 4.69) is 34.0 Å². The third kappa shape index (κ3) is 4.07. The Morgan fingerprint density at radius 3 is 2.89 bits per heavy atom. The normalized spacial score (nSPS) is 18.6. The highest BCUT2D eigenvalue weighted by atomic mass is 127. The van der Waals surface area contributed by atoms with Gasteiger partial charge in [0.25, 0.3) is 0 Å². The number of fused-ring (bicyclic) bond motifs is 1. The van der Waals surface area contributed by atoms with Gasteiger partial charge in [-0.25, -0.2) is 4.79 Å². The number of alkyl carbamates (subject to hydrolysis) is 1. The number of nitrogens with one attached hydrogen (secondary N) is 1. The quantitative estimate of drug-likeness (QED) is 0.766. The molecule has 0 saturated heterocycles. The predicted octanol–water partition coefficient (Wildman–Crippen LogP) is 3.39. The number of carbonyl (C=O) groups excluding carboxylic acids is 1. The van der Waals surface area contributed by atoms with Crippen molar-refractivity contribution in [1.29, 1.82) is 0 Å². The molecular formula is C14H18INO3. The monoisotopic (exact) mass is 375 g/mol. The lowest BCUT2D eigenvalue weighted by Crippen LogP contribution is -2.38. The van der Waals surface area contributed by atoms with Crippen LogP contribution in [0.4, 0.5) is 4.79 Å². The van der Waals surface area contributed by atoms with Crippen molar-refractivity contribution in [3.05, 3.63) is 32.9 Å². The van der Waals surface area contributed by atoms with Crippen molar-refractivity contribution in [2.24, 2.45) is 0 Å². The van der Waals surface area contributed by atoms with E-state index in [0.717, 1.165) is 14.7 Å². The molecule has 1 N–H and O–H groups in total. The first-order valence-electron chi connectivity index (χ1n) is 6.21. The van der Waals surface area contributed by atoms with Gasteiger partial charge >= 0.3 is 6.09 Å². The highest BCUT2D eigenvalue weighted by molar-refractivity contribution is 14.1. The van der Waals surface area contributed by atoms with Crippen molar-refractivity contribution in [3.63, 3.8) is 0 Å². The highest BCUT2D eigenvalue weighted by Crippen LogP contribution is 2.26. The Labute approximate surface area is 127 Å². The molecule has 1 aromatic carbocycles. The second kappa shape index (κ2) is 5.66. The first kappa shape index (κ1) is 14.6. The minimum absolute atomic E-state index is 0.145. The Bertz CT molecular complexity index is 482. The number of halogens is 1. The lowest BCUT2D eigenvalue weighted by Gasteiger charge is -2.28. The summed E-state index contributed by atoms with van der Waals surface area (Å²) in [5.41, 5.74) is 1.74. The van der Waals surface area contributed by atoms with Crippen LogP contribution in [0.15, 0.2) is 18.2 Å². The Morgan fingerprint density at radius 2 is 2.21 bits per heavy atom. The molecule has 1 heterocycles. The van der Waals surface area contributed by atoms with Gasteiger partial charge in [0.15, 0.2) is 0 Å². The largest absolute Gasteiger partial charge is 0.444 e. The number of amides is 1. The summed E-state index contributed by atoms with van der Waals surface area (Å²) in [6.07, 6.45) is -0.409. The summed E-state index contributed by atoms with van der Waals surface area (Å²) in [6.45, 7) is 6.62. The Morgan fingerprint density at radius 1 is 1.47 bits per heavy atom. The molecule has 0 saturated carbocycles. The third-order valence-corrected chi connectivity index (χ3v) is 3.39. The Kier molecular flexibility index (Phi) is 4.35. The van der Waals surface area contributed by atoms with Crippen LogP contribution in [0, 0.1) is 3.57 Å². The van der Waals surface area contributed by atoms with Crippen molar-refractivity contribution in [3.8, 4) is 0 Å². The summed E-state index contributed by atoms with van der Waals surface area (Å²) < 4.78 is 11.9. The minimum atomic E-state index is -0.493. The highest BCUT2D eigenvalue weighted by Gasteiger charge is 2.25. The molecule has 1 atom stereocenters. The van der Waals surface area contributed by atoms with Crippen molar-refractivity contribution in [2.45, 2.75) is 39.0 Å². The van der Waals surface area contributed by atoms with Gasteiger partial charge in [0, 0.05) is 3.57 Å². The molecular weight excluding hydrogens is 357 g/mol. The number of ether oxygens (including phenoxy) is 2. The van der Waals surface area contributed by atoms with Crippen LogP contribution in [-0.4, -0.2) is 18.3 Å². The first-order valence-corrected chi connectivity index (χ1v) is 7.28. The van der Waals surface area contributed by atoms with E-state index in [1.165, 1.54) is 0 Å². The van der Waals surface area contributed by atoms with Gasteiger partial charge in [-0.15, -0.1) is 0 Å². The van der Waals surface area contributed by atoms with E-state index in [9.17, 15) is 4.79 Å². The number of hydrogen-bond acceptors (Lipinski definition) is 3. The molecule has 19 heavy (non-hydrogen) atoms. The van der Waals surface area contributed by atoms with Crippen LogP contribution in [-0.2, 0) is 16.1 Å². The van der Waals surface area contributed by atoms with E-state index in [4.69, 9.17) is 9.47 Å². The molecule has 1 amide bonds. The summed E-state index contributed by atoms with van der Waals surface area (Å²) in [7, 11) is 0. The van der Waals surface area contributed by atoms with E-state index < -0.39 is 11.7 Å². The molecule has 4 nitrogen and oxygen atoms in total. The lowest BCUT2D eigenvalue weighted by molar-refractivity contribution is 0.0390. The van der Waals surface area contributed by atoms with Crippen LogP contribution in [0.3, 0.4) is 0 Å². The third-order valence-electron chi connectivity index (χ3n) is 2.72. The number of rotatable bonds is 1. The van der Waals surface area contributed by atoms with E-state index in [0.29, 0.717) is 13.2 Å². The van der Waals surface area contributed by atoms with E-state index in [1.807, 2.05) is 32.9 Å². The van der Waals surface area contributed by atoms with Crippen molar-refractivity contribution in [1.82, 2.24) is 5.32 Å². The summed E-state index contributed by atoms with van der Waals surface area (Å²) in [5, 5.41) is 2.87. The maximum atomic E-state index is 11.8. The zero-order chi connectivity index (χ0) is 14.0. The van der Waals surface area contributed by atoms with Gasteiger partial charge in [0.2, 0.25) is 0 Å². The van der Waals surface area contributed by atoms with Crippen molar-refractivity contribution in [2.75, 3.05) is 6.61 Å². The van der Waals surface area contributed by atoms with Gasteiger partial charge < -0.3 is 14.8 Å². The van der Waals surface area contributed by atoms with Crippen LogP contribution in [0.2, 0.25) is 0 Å². The molecule has 1 aliphatic rings. The molecule has 1 aliphatic heterocycles. The zero-order valence-electron chi connectivity index (χ0n) is 11.3. The van der Waals surface area contributed by atoms with Crippen LogP contribution in [0.5, 0.6) is 0 Å². The van der Waals surface area contributed by atoms with Crippen LogP contribution in [0.1, 0.15) is 37.9 Å². The zero-order valence-corrected chi connectivity index (χ0v) is 13.5. The Balaban J connectivity index is 2.11. The van der Waals surface area contributed by atoms with Gasteiger partial charge in [-0.3, -0.25) is 0 Å². The molecule has 1 aromatic rings. The Hall–Kier alpha value is -0.820. The second-order valence-electron chi connectivity index (χ2n) is 5.56. The molecule has 1 unspecified atom stereocenters. The average Bonchev–Trinajstić information content (AvgIpc) is 2.27. The minimum Gasteiger partial charge on any atom is -0.444 e.